The van der Waals surface area contributed by atoms with E-state index in [2.05, 4.69) is 0 Å². The standard InChI is InChI=1S/C3H8O2.2Na.H3O4P/c1-3(5)2-4;;;1-5(2,3)4/h3-5H,2H2,1H3;;;(H3,1,2,3,4)/q;2*+1;/p-2. The van der Waals surface area contributed by atoms with Crippen molar-refractivity contribution in [2.75, 3.05) is 6.61 Å². The van der Waals surface area contributed by atoms with E-state index in [1.165, 1.54) is 6.92 Å². The van der Waals surface area contributed by atoms with Gasteiger partial charge in [0.2, 0.25) is 0 Å². The van der Waals surface area contributed by atoms with Crippen molar-refractivity contribution in [3.63, 3.8) is 0 Å². The van der Waals surface area contributed by atoms with Crippen molar-refractivity contribution in [3.8, 4) is 0 Å². The van der Waals surface area contributed by atoms with E-state index in [4.69, 9.17) is 29.5 Å². The number of rotatable bonds is 1. The van der Waals surface area contributed by atoms with Gasteiger partial charge >= 0.3 is 59.1 Å². The molecule has 1 atom stereocenters. The van der Waals surface area contributed by atoms with Gasteiger partial charge in [0.15, 0.2) is 0 Å². The van der Waals surface area contributed by atoms with Gasteiger partial charge in [-0.1, -0.05) is 0 Å². The Morgan fingerprint density at radius 2 is 1.50 bits per heavy atom. The molecule has 0 saturated heterocycles. The second kappa shape index (κ2) is 13.0. The fraction of sp³-hybridized carbons (Fsp3) is 1.00. The van der Waals surface area contributed by atoms with Crippen molar-refractivity contribution < 1.29 is 88.6 Å². The first-order valence-corrected chi connectivity index (χ1v) is 3.80. The Balaban J connectivity index is -0.0000000457. The quantitative estimate of drug-likeness (QED) is 0.296. The van der Waals surface area contributed by atoms with Crippen LogP contribution < -0.4 is 68.9 Å². The maximum atomic E-state index is 8.66. The zero-order chi connectivity index (χ0) is 8.78. The molecule has 0 spiro atoms. The summed E-state index contributed by atoms with van der Waals surface area (Å²) in [6.45, 7) is 1.39. The van der Waals surface area contributed by atoms with Gasteiger partial charge in [0.05, 0.1) is 20.5 Å². The molecule has 6 nitrogen and oxygen atoms in total. The summed E-state index contributed by atoms with van der Waals surface area (Å²) in [7, 11) is -5.14. The Bertz CT molecular complexity index is 105. The van der Waals surface area contributed by atoms with Crippen LogP contribution in [0, 0.1) is 0 Å². The van der Waals surface area contributed by atoms with E-state index in [1.807, 2.05) is 0 Å². The summed E-state index contributed by atoms with van der Waals surface area (Å²) in [5.74, 6) is 0. The van der Waals surface area contributed by atoms with Crippen molar-refractivity contribution in [1.82, 2.24) is 0 Å². The molecule has 0 bridgehead atoms. The van der Waals surface area contributed by atoms with E-state index < -0.39 is 13.9 Å². The van der Waals surface area contributed by atoms with Crippen LogP contribution in [0.15, 0.2) is 0 Å². The van der Waals surface area contributed by atoms with Crippen LogP contribution in [0.1, 0.15) is 6.92 Å². The molecule has 0 aromatic rings. The first-order valence-electron chi connectivity index (χ1n) is 2.31. The van der Waals surface area contributed by atoms with Gasteiger partial charge in [-0.25, -0.2) is 0 Å². The minimum atomic E-state index is -5.14. The van der Waals surface area contributed by atoms with Crippen LogP contribution in [0.3, 0.4) is 0 Å². The van der Waals surface area contributed by atoms with Gasteiger partial charge in [0, 0.05) is 0 Å². The molecule has 64 valence electrons. The molecule has 0 rings (SSSR count). The molecule has 9 heteroatoms. The van der Waals surface area contributed by atoms with Gasteiger partial charge in [0.1, 0.15) is 0 Å². The topological polar surface area (TPSA) is 124 Å². The van der Waals surface area contributed by atoms with E-state index in [-0.39, 0.29) is 65.7 Å². The molecule has 0 aliphatic heterocycles. The van der Waals surface area contributed by atoms with E-state index in [0.717, 1.165) is 0 Å². The predicted molar refractivity (Wildman–Crippen MR) is 28.6 cm³/mol. The molecule has 0 aliphatic rings. The minimum Gasteiger partial charge on any atom is -0.790 e. The molecular weight excluding hydrogens is 209 g/mol. The van der Waals surface area contributed by atoms with Crippen LogP contribution in [0.25, 0.3) is 0 Å². The summed E-state index contributed by atoms with van der Waals surface area (Å²) in [5.41, 5.74) is 0. The monoisotopic (exact) mass is 218 g/mol. The molecule has 0 aromatic carbocycles. The molecular formula is C3H9Na2O6P. The van der Waals surface area contributed by atoms with Gasteiger partial charge < -0.3 is 29.5 Å². The van der Waals surface area contributed by atoms with Crippen LogP contribution in [-0.4, -0.2) is 27.8 Å². The summed E-state index contributed by atoms with van der Waals surface area (Å²) in [6, 6.07) is 0. The first kappa shape index (κ1) is 23.7. The predicted octanol–water partition coefficient (Wildman–Crippen LogP) is -8.83. The van der Waals surface area contributed by atoms with Gasteiger partial charge in [-0.2, -0.15) is 0 Å². The van der Waals surface area contributed by atoms with E-state index in [1.54, 1.807) is 0 Å². The summed E-state index contributed by atoms with van der Waals surface area (Å²) >= 11 is 0. The SMILES string of the molecule is CC(O)CO.O=P([O-])([O-])O.[Na+].[Na+]. The second-order valence-electron chi connectivity index (χ2n) is 1.50. The second-order valence-corrected chi connectivity index (χ2v) is 2.44. The molecule has 0 aliphatic carbocycles. The fourth-order valence-electron chi connectivity index (χ4n) is 0. The molecule has 0 fully saturated rings. The van der Waals surface area contributed by atoms with Gasteiger partial charge in [0.25, 0.3) is 0 Å². The van der Waals surface area contributed by atoms with E-state index in [9.17, 15) is 0 Å². The van der Waals surface area contributed by atoms with Crippen molar-refractivity contribution in [2.24, 2.45) is 0 Å². The average Bonchev–Trinajstić information content (AvgIpc) is 1.61. The number of aliphatic hydroxyl groups excluding tert-OH is 2. The van der Waals surface area contributed by atoms with Crippen LogP contribution in [-0.2, 0) is 4.57 Å². The summed E-state index contributed by atoms with van der Waals surface area (Å²) in [4.78, 5) is 24.3. The Kier molecular flexibility index (Phi) is 25.7. The van der Waals surface area contributed by atoms with Crippen LogP contribution in [0.5, 0.6) is 0 Å². The average molecular weight is 218 g/mol. The minimum absolute atomic E-state index is 0. The van der Waals surface area contributed by atoms with Crippen molar-refractivity contribution >= 4 is 7.82 Å². The summed E-state index contributed by atoms with van der Waals surface area (Å²) < 4.78 is 8.66. The van der Waals surface area contributed by atoms with Crippen molar-refractivity contribution in [3.05, 3.63) is 0 Å². The molecule has 0 aromatic heterocycles. The zero-order valence-corrected chi connectivity index (χ0v) is 12.2. The molecule has 0 radical (unpaired) electrons. The van der Waals surface area contributed by atoms with E-state index >= 15 is 0 Å². The molecule has 0 amide bonds. The molecule has 12 heavy (non-hydrogen) atoms. The van der Waals surface area contributed by atoms with Gasteiger partial charge in [-0.05, 0) is 6.92 Å². The van der Waals surface area contributed by atoms with Crippen molar-refractivity contribution in [1.29, 1.82) is 0 Å². The molecule has 0 saturated carbocycles. The number of aliphatic hydroxyl groups is 2. The van der Waals surface area contributed by atoms with Gasteiger partial charge in [-0.15, -0.1) is 0 Å². The maximum Gasteiger partial charge on any atom is 1.00 e. The zero-order valence-electron chi connectivity index (χ0n) is 7.30. The number of hydrogen-bond donors (Lipinski definition) is 3. The number of phosphoric acid groups is 1. The summed E-state index contributed by atoms with van der Waals surface area (Å²) in [5, 5.41) is 16.0. The largest absolute Gasteiger partial charge is 1.00 e. The number of hydrogen-bond acceptors (Lipinski definition) is 5. The van der Waals surface area contributed by atoms with Crippen LogP contribution >= 0.6 is 7.82 Å². The molecule has 0 heterocycles. The third-order valence-electron chi connectivity index (χ3n) is 0.264. The van der Waals surface area contributed by atoms with Crippen molar-refractivity contribution in [2.45, 2.75) is 13.0 Å². The third kappa shape index (κ3) is 90.1. The summed E-state index contributed by atoms with van der Waals surface area (Å²) in [6.07, 6.45) is -0.560. The smallest absolute Gasteiger partial charge is 0.790 e. The third-order valence-corrected chi connectivity index (χ3v) is 0.264. The first-order chi connectivity index (χ1) is 4.27. The Hall–Kier alpha value is 2.03. The maximum absolute atomic E-state index is 8.66. The Morgan fingerprint density at radius 1 is 1.42 bits per heavy atom. The molecule has 3 N–H and O–H groups in total. The molecule has 1 unspecified atom stereocenters. The fourth-order valence-corrected chi connectivity index (χ4v) is 0. The van der Waals surface area contributed by atoms with Crippen LogP contribution in [0.2, 0.25) is 0 Å². The normalized spacial score (nSPS) is 11.2. The van der Waals surface area contributed by atoms with Crippen LogP contribution in [0.4, 0.5) is 0 Å². The van der Waals surface area contributed by atoms with Gasteiger partial charge in [-0.3, -0.25) is 0 Å². The Morgan fingerprint density at radius 3 is 1.50 bits per heavy atom. The Labute approximate surface area is 115 Å². The van der Waals surface area contributed by atoms with E-state index in [0.29, 0.717) is 0 Å².